The normalized spacial score (nSPS) is 12.6. The highest BCUT2D eigenvalue weighted by Crippen LogP contribution is 2.12. The van der Waals surface area contributed by atoms with Crippen molar-refractivity contribution >= 4 is 0 Å². The standard InChI is InChI=1S/C12H16N4O/c1-9-3-5-10(6-4-9)11(13)7-16-12(17)15(2)8-14-16/h3-6,8,11H,7,13H2,1-2H3. The molecule has 2 rings (SSSR count). The summed E-state index contributed by atoms with van der Waals surface area (Å²) in [6.07, 6.45) is 1.49. The van der Waals surface area contributed by atoms with Gasteiger partial charge in [-0.1, -0.05) is 29.8 Å². The van der Waals surface area contributed by atoms with Crippen molar-refractivity contribution in [1.29, 1.82) is 0 Å². The molecule has 5 heteroatoms. The summed E-state index contributed by atoms with van der Waals surface area (Å²) < 4.78 is 2.81. The lowest BCUT2D eigenvalue weighted by Crippen LogP contribution is -2.28. The Hall–Kier alpha value is -1.88. The third-order valence-electron chi connectivity index (χ3n) is 2.76. The summed E-state index contributed by atoms with van der Waals surface area (Å²) in [5.41, 5.74) is 8.10. The number of aryl methyl sites for hydroxylation is 2. The number of benzene rings is 1. The van der Waals surface area contributed by atoms with Crippen molar-refractivity contribution in [2.45, 2.75) is 19.5 Å². The van der Waals surface area contributed by atoms with Gasteiger partial charge in [0.2, 0.25) is 0 Å². The lowest BCUT2D eigenvalue weighted by atomic mass is 10.1. The molecule has 0 amide bonds. The molecule has 5 nitrogen and oxygen atoms in total. The first kappa shape index (κ1) is 11.6. The Kier molecular flexibility index (Phi) is 3.10. The number of hydrogen-bond donors (Lipinski definition) is 1. The van der Waals surface area contributed by atoms with Gasteiger partial charge in [0.1, 0.15) is 6.33 Å². The van der Waals surface area contributed by atoms with Crippen LogP contribution in [0.5, 0.6) is 0 Å². The molecule has 0 saturated heterocycles. The number of hydrogen-bond acceptors (Lipinski definition) is 3. The molecule has 1 aromatic carbocycles. The van der Waals surface area contributed by atoms with Gasteiger partial charge in [0.25, 0.3) is 0 Å². The SMILES string of the molecule is Cc1ccc(C(N)Cn2ncn(C)c2=O)cc1. The molecule has 1 unspecified atom stereocenters. The smallest absolute Gasteiger partial charge is 0.322 e. The molecule has 0 spiro atoms. The maximum Gasteiger partial charge on any atom is 0.345 e. The summed E-state index contributed by atoms with van der Waals surface area (Å²) in [6, 6.07) is 7.76. The van der Waals surface area contributed by atoms with Gasteiger partial charge in [0.05, 0.1) is 6.54 Å². The molecular weight excluding hydrogens is 216 g/mol. The van der Waals surface area contributed by atoms with Crippen LogP contribution in [0.1, 0.15) is 17.2 Å². The summed E-state index contributed by atoms with van der Waals surface area (Å²) in [5.74, 6) is 0. The highest BCUT2D eigenvalue weighted by atomic mass is 16.2. The van der Waals surface area contributed by atoms with Crippen LogP contribution in [0.4, 0.5) is 0 Å². The van der Waals surface area contributed by atoms with E-state index in [4.69, 9.17) is 5.73 Å². The van der Waals surface area contributed by atoms with Crippen LogP contribution in [0.15, 0.2) is 35.4 Å². The van der Waals surface area contributed by atoms with E-state index in [1.165, 1.54) is 21.1 Å². The molecular formula is C12H16N4O. The minimum atomic E-state index is -0.219. The van der Waals surface area contributed by atoms with Crippen LogP contribution in [-0.4, -0.2) is 14.3 Å². The van der Waals surface area contributed by atoms with Crippen molar-refractivity contribution in [3.05, 3.63) is 52.2 Å². The summed E-state index contributed by atoms with van der Waals surface area (Å²) >= 11 is 0. The van der Waals surface area contributed by atoms with Crippen molar-refractivity contribution in [3.63, 3.8) is 0 Å². The van der Waals surface area contributed by atoms with Gasteiger partial charge in [0.15, 0.2) is 0 Å². The molecule has 0 aliphatic heterocycles. The minimum absolute atomic E-state index is 0.146. The number of rotatable bonds is 3. The molecule has 1 aromatic heterocycles. The third-order valence-corrected chi connectivity index (χ3v) is 2.76. The van der Waals surface area contributed by atoms with E-state index in [9.17, 15) is 4.79 Å². The zero-order valence-corrected chi connectivity index (χ0v) is 10.00. The van der Waals surface area contributed by atoms with Crippen molar-refractivity contribution in [1.82, 2.24) is 14.3 Å². The Morgan fingerprint density at radius 3 is 2.53 bits per heavy atom. The lowest BCUT2D eigenvalue weighted by Gasteiger charge is -2.11. The Bertz CT molecular complexity index is 553. The van der Waals surface area contributed by atoms with E-state index in [0.717, 1.165) is 5.56 Å². The fourth-order valence-electron chi connectivity index (χ4n) is 1.65. The molecule has 0 fully saturated rings. The van der Waals surface area contributed by atoms with E-state index in [-0.39, 0.29) is 11.7 Å². The van der Waals surface area contributed by atoms with Crippen LogP contribution in [-0.2, 0) is 13.6 Å². The number of nitrogens with zero attached hydrogens (tertiary/aromatic N) is 3. The van der Waals surface area contributed by atoms with Crippen molar-refractivity contribution in [2.24, 2.45) is 12.8 Å². The van der Waals surface area contributed by atoms with Crippen molar-refractivity contribution in [3.8, 4) is 0 Å². The van der Waals surface area contributed by atoms with Gasteiger partial charge < -0.3 is 5.73 Å². The molecule has 0 aliphatic carbocycles. The molecule has 0 radical (unpaired) electrons. The molecule has 1 atom stereocenters. The van der Waals surface area contributed by atoms with Crippen LogP contribution in [0.25, 0.3) is 0 Å². The van der Waals surface area contributed by atoms with Gasteiger partial charge in [-0.3, -0.25) is 4.57 Å². The second-order valence-corrected chi connectivity index (χ2v) is 4.22. The topological polar surface area (TPSA) is 65.8 Å². The van der Waals surface area contributed by atoms with Crippen LogP contribution in [0.2, 0.25) is 0 Å². The fraction of sp³-hybridized carbons (Fsp3) is 0.333. The molecule has 0 saturated carbocycles. The van der Waals surface area contributed by atoms with Crippen molar-refractivity contribution < 1.29 is 0 Å². The summed E-state index contributed by atoms with van der Waals surface area (Å²) in [5, 5.41) is 3.99. The lowest BCUT2D eigenvalue weighted by molar-refractivity contribution is 0.508. The van der Waals surface area contributed by atoms with Crippen LogP contribution < -0.4 is 11.4 Å². The highest BCUT2D eigenvalue weighted by Gasteiger charge is 2.09. The first-order valence-corrected chi connectivity index (χ1v) is 5.48. The third kappa shape index (κ3) is 2.45. The maximum atomic E-state index is 11.6. The summed E-state index contributed by atoms with van der Waals surface area (Å²) in [7, 11) is 1.67. The van der Waals surface area contributed by atoms with Gasteiger partial charge >= 0.3 is 5.69 Å². The minimum Gasteiger partial charge on any atom is -0.322 e. The van der Waals surface area contributed by atoms with E-state index in [2.05, 4.69) is 5.10 Å². The quantitative estimate of drug-likeness (QED) is 0.842. The van der Waals surface area contributed by atoms with E-state index in [0.29, 0.717) is 6.54 Å². The summed E-state index contributed by atoms with van der Waals surface area (Å²) in [6.45, 7) is 2.42. The van der Waals surface area contributed by atoms with E-state index in [1.807, 2.05) is 31.2 Å². The predicted molar refractivity (Wildman–Crippen MR) is 65.6 cm³/mol. The Balaban J connectivity index is 2.17. The molecule has 17 heavy (non-hydrogen) atoms. The van der Waals surface area contributed by atoms with E-state index in [1.54, 1.807) is 7.05 Å². The molecule has 90 valence electrons. The molecule has 2 N–H and O–H groups in total. The molecule has 0 bridgehead atoms. The van der Waals surface area contributed by atoms with E-state index < -0.39 is 0 Å². The summed E-state index contributed by atoms with van der Waals surface area (Å²) in [4.78, 5) is 11.6. The second kappa shape index (κ2) is 4.55. The zero-order valence-electron chi connectivity index (χ0n) is 10.00. The van der Waals surface area contributed by atoms with Crippen LogP contribution in [0.3, 0.4) is 0 Å². The monoisotopic (exact) mass is 232 g/mol. The molecule has 1 heterocycles. The van der Waals surface area contributed by atoms with Crippen molar-refractivity contribution in [2.75, 3.05) is 0 Å². The first-order valence-electron chi connectivity index (χ1n) is 5.48. The van der Waals surface area contributed by atoms with Gasteiger partial charge in [-0.15, -0.1) is 0 Å². The molecule has 0 aliphatic rings. The van der Waals surface area contributed by atoms with Gasteiger partial charge in [-0.05, 0) is 12.5 Å². The Morgan fingerprint density at radius 1 is 1.35 bits per heavy atom. The first-order chi connectivity index (χ1) is 8.08. The van der Waals surface area contributed by atoms with Gasteiger partial charge in [0, 0.05) is 13.1 Å². The number of aromatic nitrogens is 3. The van der Waals surface area contributed by atoms with Crippen LogP contribution in [0, 0.1) is 6.92 Å². The Morgan fingerprint density at radius 2 is 2.00 bits per heavy atom. The largest absolute Gasteiger partial charge is 0.345 e. The zero-order chi connectivity index (χ0) is 12.4. The Labute approximate surface area is 99.5 Å². The van der Waals surface area contributed by atoms with Gasteiger partial charge in [-0.25, -0.2) is 9.48 Å². The number of nitrogens with two attached hydrogens (primary N) is 1. The van der Waals surface area contributed by atoms with E-state index >= 15 is 0 Å². The second-order valence-electron chi connectivity index (χ2n) is 4.22. The average molecular weight is 232 g/mol. The molecule has 2 aromatic rings. The van der Waals surface area contributed by atoms with Crippen LogP contribution >= 0.6 is 0 Å². The average Bonchev–Trinajstić information content (AvgIpc) is 2.62. The predicted octanol–water partition coefficient (Wildman–Crippen LogP) is 0.590. The highest BCUT2D eigenvalue weighted by molar-refractivity contribution is 5.23. The fourth-order valence-corrected chi connectivity index (χ4v) is 1.65. The maximum absolute atomic E-state index is 11.6. The van der Waals surface area contributed by atoms with Gasteiger partial charge in [-0.2, -0.15) is 5.10 Å².